The second kappa shape index (κ2) is 2.98. The predicted molar refractivity (Wildman–Crippen MR) is 63.6 cm³/mol. The van der Waals surface area contributed by atoms with Crippen LogP contribution in [0.15, 0.2) is 43.2 Å². The molecule has 5 nitrogen and oxygen atoms in total. The fraction of sp³-hybridized carbons (Fsp3) is 0. The summed E-state index contributed by atoms with van der Waals surface area (Å²) in [6.07, 6.45) is 10.7. The Kier molecular flexibility index (Phi) is 1.50. The van der Waals surface area contributed by atoms with Gasteiger partial charge in [-0.15, -0.1) is 0 Å². The van der Waals surface area contributed by atoms with Crippen molar-refractivity contribution in [2.45, 2.75) is 0 Å². The summed E-state index contributed by atoms with van der Waals surface area (Å²) in [7, 11) is 0. The van der Waals surface area contributed by atoms with Crippen molar-refractivity contribution >= 4 is 27.3 Å². The van der Waals surface area contributed by atoms with E-state index in [1.165, 1.54) is 0 Å². The average molecular weight is 221 g/mol. The van der Waals surface area contributed by atoms with Crippen LogP contribution in [0.3, 0.4) is 0 Å². The van der Waals surface area contributed by atoms with E-state index in [0.29, 0.717) is 0 Å². The smallest absolute Gasteiger partial charge is 0.121 e. The van der Waals surface area contributed by atoms with E-state index in [-0.39, 0.29) is 0 Å². The first-order valence-corrected chi connectivity index (χ1v) is 5.24. The van der Waals surface area contributed by atoms with Crippen molar-refractivity contribution in [1.29, 1.82) is 0 Å². The number of hydrogen-bond acceptors (Lipinski definition) is 4. The van der Waals surface area contributed by atoms with Crippen LogP contribution in [0.4, 0.5) is 0 Å². The molecular weight excluding hydrogens is 214 g/mol. The van der Waals surface area contributed by atoms with Crippen molar-refractivity contribution in [2.75, 3.05) is 0 Å². The van der Waals surface area contributed by atoms with E-state index in [4.69, 9.17) is 0 Å². The van der Waals surface area contributed by atoms with Gasteiger partial charge in [0.1, 0.15) is 16.6 Å². The summed E-state index contributed by atoms with van der Waals surface area (Å²) < 4.78 is 1.79. The van der Waals surface area contributed by atoms with Gasteiger partial charge in [-0.1, -0.05) is 0 Å². The van der Waals surface area contributed by atoms with Crippen LogP contribution in [0.1, 0.15) is 0 Å². The lowest BCUT2D eigenvalue weighted by Gasteiger charge is -1.95. The number of pyridine rings is 2. The molecule has 0 N–H and O–H groups in total. The summed E-state index contributed by atoms with van der Waals surface area (Å²) in [6.45, 7) is 0. The standard InChI is InChI=1S/C12H7N5/c1-2-13-6-9-8(1)5-15-12-10-7-14-3-4-17(10)16-11(9)12/h1-7H. The first-order chi connectivity index (χ1) is 8.43. The van der Waals surface area contributed by atoms with Crippen LogP contribution in [0.5, 0.6) is 0 Å². The third kappa shape index (κ3) is 1.08. The van der Waals surface area contributed by atoms with Gasteiger partial charge in [0.15, 0.2) is 0 Å². The summed E-state index contributed by atoms with van der Waals surface area (Å²) in [4.78, 5) is 12.7. The number of fused-ring (bicyclic) bond motifs is 5. The molecule has 0 spiro atoms. The fourth-order valence-electron chi connectivity index (χ4n) is 2.05. The lowest BCUT2D eigenvalue weighted by atomic mass is 10.2. The van der Waals surface area contributed by atoms with Crippen LogP contribution in [0.25, 0.3) is 27.3 Å². The summed E-state index contributed by atoms with van der Waals surface area (Å²) in [5.41, 5.74) is 2.63. The Balaban J connectivity index is 2.34. The zero-order valence-electron chi connectivity index (χ0n) is 8.78. The minimum absolute atomic E-state index is 0.860. The van der Waals surface area contributed by atoms with Crippen molar-refractivity contribution in [1.82, 2.24) is 24.6 Å². The largest absolute Gasteiger partial charge is 0.264 e. The van der Waals surface area contributed by atoms with E-state index in [0.717, 1.165) is 27.3 Å². The molecule has 0 aliphatic carbocycles. The van der Waals surface area contributed by atoms with Gasteiger partial charge in [-0.25, -0.2) is 4.52 Å². The van der Waals surface area contributed by atoms with Crippen LogP contribution in [0.2, 0.25) is 0 Å². The summed E-state index contributed by atoms with van der Waals surface area (Å²) in [5, 5.41) is 6.58. The maximum atomic E-state index is 4.52. The monoisotopic (exact) mass is 221 g/mol. The highest BCUT2D eigenvalue weighted by atomic mass is 15.2. The van der Waals surface area contributed by atoms with Gasteiger partial charge in [0.2, 0.25) is 0 Å². The molecule has 0 aromatic carbocycles. The molecular formula is C12H7N5. The predicted octanol–water partition coefficient (Wildman–Crippen LogP) is 1.83. The Bertz CT molecular complexity index is 849. The highest BCUT2D eigenvalue weighted by Gasteiger charge is 2.09. The Hall–Kier alpha value is -2.56. The molecule has 0 aliphatic rings. The molecule has 0 amide bonds. The Morgan fingerprint density at radius 3 is 2.88 bits per heavy atom. The second-order valence-electron chi connectivity index (χ2n) is 3.82. The Morgan fingerprint density at radius 2 is 1.88 bits per heavy atom. The quantitative estimate of drug-likeness (QED) is 0.454. The van der Waals surface area contributed by atoms with Crippen molar-refractivity contribution in [3.05, 3.63) is 43.2 Å². The van der Waals surface area contributed by atoms with Gasteiger partial charge in [-0.3, -0.25) is 15.0 Å². The molecule has 80 valence electrons. The molecule has 4 rings (SSSR count). The highest BCUT2D eigenvalue weighted by Crippen LogP contribution is 2.23. The zero-order valence-corrected chi connectivity index (χ0v) is 8.78. The van der Waals surface area contributed by atoms with Crippen molar-refractivity contribution in [3.8, 4) is 0 Å². The van der Waals surface area contributed by atoms with Crippen LogP contribution < -0.4 is 0 Å². The number of hydrogen-bond donors (Lipinski definition) is 0. The van der Waals surface area contributed by atoms with Gasteiger partial charge in [0.25, 0.3) is 0 Å². The molecule has 4 aromatic rings. The summed E-state index contributed by atoms with van der Waals surface area (Å²) in [5.74, 6) is 0. The third-order valence-corrected chi connectivity index (χ3v) is 2.85. The number of rotatable bonds is 0. The average Bonchev–Trinajstić information content (AvgIpc) is 2.78. The van der Waals surface area contributed by atoms with Crippen molar-refractivity contribution < 1.29 is 0 Å². The molecule has 0 atom stereocenters. The summed E-state index contributed by atoms with van der Waals surface area (Å²) in [6, 6.07) is 1.93. The van der Waals surface area contributed by atoms with Gasteiger partial charge >= 0.3 is 0 Å². The molecule has 0 radical (unpaired) electrons. The Labute approximate surface area is 95.8 Å². The van der Waals surface area contributed by atoms with Gasteiger partial charge in [-0.05, 0) is 6.07 Å². The lowest BCUT2D eigenvalue weighted by molar-refractivity contribution is 0.965. The molecule has 4 heterocycles. The molecule has 17 heavy (non-hydrogen) atoms. The molecule has 0 unspecified atom stereocenters. The van der Waals surface area contributed by atoms with Gasteiger partial charge in [0.05, 0.1) is 6.20 Å². The topological polar surface area (TPSA) is 56.0 Å². The molecule has 0 fully saturated rings. The fourth-order valence-corrected chi connectivity index (χ4v) is 2.05. The molecule has 0 saturated heterocycles. The van der Waals surface area contributed by atoms with E-state index in [9.17, 15) is 0 Å². The zero-order chi connectivity index (χ0) is 11.2. The molecule has 4 aromatic heterocycles. The van der Waals surface area contributed by atoms with Crippen LogP contribution in [-0.4, -0.2) is 24.6 Å². The first-order valence-electron chi connectivity index (χ1n) is 5.24. The molecule has 0 saturated carbocycles. The molecule has 5 heteroatoms. The summed E-state index contributed by atoms with van der Waals surface area (Å²) >= 11 is 0. The minimum Gasteiger partial charge on any atom is -0.264 e. The van der Waals surface area contributed by atoms with E-state index in [1.807, 2.05) is 24.7 Å². The maximum Gasteiger partial charge on any atom is 0.121 e. The van der Waals surface area contributed by atoms with E-state index in [1.54, 1.807) is 23.1 Å². The normalized spacial score (nSPS) is 11.5. The van der Waals surface area contributed by atoms with Crippen molar-refractivity contribution in [2.24, 2.45) is 0 Å². The molecule has 0 aliphatic heterocycles. The lowest BCUT2D eigenvalue weighted by Crippen LogP contribution is -1.85. The second-order valence-corrected chi connectivity index (χ2v) is 3.82. The first kappa shape index (κ1) is 8.58. The minimum atomic E-state index is 0.860. The molecule has 0 bridgehead atoms. The van der Waals surface area contributed by atoms with E-state index >= 15 is 0 Å². The van der Waals surface area contributed by atoms with Crippen LogP contribution in [-0.2, 0) is 0 Å². The third-order valence-electron chi connectivity index (χ3n) is 2.85. The van der Waals surface area contributed by atoms with E-state index < -0.39 is 0 Å². The number of aromatic nitrogens is 5. The van der Waals surface area contributed by atoms with E-state index in [2.05, 4.69) is 20.1 Å². The SMILES string of the molecule is c1cc2cnc3c(nn4ccncc34)c2cn1. The van der Waals surface area contributed by atoms with Gasteiger partial charge in [0, 0.05) is 41.8 Å². The maximum absolute atomic E-state index is 4.52. The van der Waals surface area contributed by atoms with Gasteiger partial charge < -0.3 is 0 Å². The van der Waals surface area contributed by atoms with Crippen LogP contribution >= 0.6 is 0 Å². The van der Waals surface area contributed by atoms with Crippen molar-refractivity contribution in [3.63, 3.8) is 0 Å². The van der Waals surface area contributed by atoms with Gasteiger partial charge in [-0.2, -0.15) is 5.10 Å². The van der Waals surface area contributed by atoms with Crippen LogP contribution in [0, 0.1) is 0 Å². The Morgan fingerprint density at radius 1 is 0.941 bits per heavy atom. The number of nitrogens with zero attached hydrogens (tertiary/aromatic N) is 5. The highest BCUT2D eigenvalue weighted by molar-refractivity contribution is 6.07.